The molecule has 1 amide bonds. The Morgan fingerprint density at radius 2 is 1.35 bits per heavy atom. The van der Waals surface area contributed by atoms with Crippen molar-refractivity contribution in [1.82, 2.24) is 5.32 Å². The number of carbonyl (C=O) groups excluding carboxylic acids is 1. The predicted octanol–water partition coefficient (Wildman–Crippen LogP) is 5.17. The molecule has 0 rings (SSSR count). The molecule has 3 N–H and O–H groups in total. The molecule has 0 fully saturated rings. The number of amides is 1. The number of phosphoric ester groups is 1. The van der Waals surface area contributed by atoms with Crippen LogP contribution in [0.25, 0.3) is 0 Å². The molecule has 0 aromatic carbocycles. The second kappa shape index (κ2) is 19.7. The lowest BCUT2D eigenvalue weighted by Gasteiger charge is -2.26. The molecule has 0 bridgehead atoms. The fourth-order valence-corrected chi connectivity index (χ4v) is 4.46. The molecule has 0 saturated heterocycles. The molecule has 0 heterocycles. The normalized spacial score (nSPS) is 15.6. The van der Waals surface area contributed by atoms with Crippen LogP contribution < -0.4 is 5.32 Å². The standard InChI is InChI=1S/C25H53N2O6P/c1-6-7-8-9-10-11-12-13-14-15-16-17-18-19-25(29)24(26-23(2)28)22-33-34(30,31)32-21-20-27(3,4)5/h24-25,29H,6-22H2,1-5H3,(H-,26,28,30,31)/p+1. The van der Waals surface area contributed by atoms with E-state index in [1.165, 1.54) is 71.1 Å². The maximum Gasteiger partial charge on any atom is 0.472 e. The summed E-state index contributed by atoms with van der Waals surface area (Å²) in [5.41, 5.74) is 0. The topological polar surface area (TPSA) is 105 Å². The minimum atomic E-state index is -4.25. The third-order valence-corrected chi connectivity index (χ3v) is 6.87. The van der Waals surface area contributed by atoms with E-state index >= 15 is 0 Å². The fourth-order valence-electron chi connectivity index (χ4n) is 3.72. The Morgan fingerprint density at radius 1 is 0.882 bits per heavy atom. The van der Waals surface area contributed by atoms with Gasteiger partial charge < -0.3 is 19.8 Å². The van der Waals surface area contributed by atoms with E-state index in [-0.39, 0.29) is 19.1 Å². The van der Waals surface area contributed by atoms with Crippen molar-refractivity contribution in [3.63, 3.8) is 0 Å². The quantitative estimate of drug-likeness (QED) is 0.0997. The van der Waals surface area contributed by atoms with Gasteiger partial charge in [-0.05, 0) is 6.42 Å². The van der Waals surface area contributed by atoms with E-state index in [4.69, 9.17) is 9.05 Å². The maximum atomic E-state index is 12.1. The number of quaternary nitrogens is 1. The first-order valence-corrected chi connectivity index (χ1v) is 14.8. The number of hydrogen-bond donors (Lipinski definition) is 3. The number of hydrogen-bond acceptors (Lipinski definition) is 5. The van der Waals surface area contributed by atoms with Crippen molar-refractivity contribution in [2.75, 3.05) is 40.9 Å². The lowest BCUT2D eigenvalue weighted by Crippen LogP contribution is -2.45. The molecule has 0 aliphatic carbocycles. The summed E-state index contributed by atoms with van der Waals surface area (Å²) in [4.78, 5) is 21.4. The highest BCUT2D eigenvalue weighted by atomic mass is 31.2. The van der Waals surface area contributed by atoms with Crippen LogP contribution in [0.15, 0.2) is 0 Å². The molecule has 3 atom stereocenters. The third-order valence-electron chi connectivity index (χ3n) is 5.89. The van der Waals surface area contributed by atoms with Gasteiger partial charge in [-0.3, -0.25) is 13.8 Å². The van der Waals surface area contributed by atoms with Gasteiger partial charge in [0.05, 0.1) is 39.9 Å². The SMILES string of the molecule is CCCCCCCCCCCCCCCC(O)C(COP(=O)(O)OCC[N+](C)(C)C)NC(C)=O. The van der Waals surface area contributed by atoms with Crippen LogP contribution in [0.1, 0.15) is 104 Å². The van der Waals surface area contributed by atoms with E-state index in [1.807, 2.05) is 21.1 Å². The molecule has 8 nitrogen and oxygen atoms in total. The zero-order valence-electron chi connectivity index (χ0n) is 22.6. The first-order chi connectivity index (χ1) is 16.0. The molecular formula is C25H54N2O6P+. The molecule has 0 radical (unpaired) electrons. The van der Waals surface area contributed by atoms with Gasteiger partial charge in [0.15, 0.2) is 0 Å². The lowest BCUT2D eigenvalue weighted by molar-refractivity contribution is -0.870. The molecule has 0 aromatic heterocycles. The second-order valence-corrected chi connectivity index (χ2v) is 12.0. The first-order valence-electron chi connectivity index (χ1n) is 13.3. The summed E-state index contributed by atoms with van der Waals surface area (Å²) in [6.07, 6.45) is 15.9. The van der Waals surface area contributed by atoms with E-state index in [0.29, 0.717) is 17.4 Å². The molecule has 9 heteroatoms. The monoisotopic (exact) mass is 509 g/mol. The number of aliphatic hydroxyl groups is 1. The Balaban J connectivity index is 4.03. The van der Waals surface area contributed by atoms with Crippen LogP contribution in [0, 0.1) is 0 Å². The van der Waals surface area contributed by atoms with Crippen LogP contribution in [-0.4, -0.2) is 73.4 Å². The average Bonchev–Trinajstić information content (AvgIpc) is 2.73. The van der Waals surface area contributed by atoms with E-state index < -0.39 is 20.0 Å². The van der Waals surface area contributed by atoms with Crippen LogP contribution in [0.2, 0.25) is 0 Å². The van der Waals surface area contributed by atoms with Gasteiger partial charge >= 0.3 is 7.82 Å². The van der Waals surface area contributed by atoms with Gasteiger partial charge in [-0.2, -0.15) is 0 Å². The number of nitrogens with one attached hydrogen (secondary N) is 1. The molecule has 204 valence electrons. The number of likely N-dealkylation sites (N-methyl/N-ethyl adjacent to an activating group) is 1. The summed E-state index contributed by atoms with van der Waals surface area (Å²) in [5, 5.41) is 13.1. The van der Waals surface area contributed by atoms with Crippen molar-refractivity contribution in [2.45, 2.75) is 116 Å². The number of aliphatic hydroxyl groups excluding tert-OH is 1. The van der Waals surface area contributed by atoms with Crippen molar-refractivity contribution >= 4 is 13.7 Å². The molecule has 0 aliphatic heterocycles. The Bertz CT molecular complexity index is 556. The predicted molar refractivity (Wildman–Crippen MR) is 139 cm³/mol. The zero-order valence-corrected chi connectivity index (χ0v) is 23.5. The Labute approximate surface area is 209 Å². The molecule has 0 spiro atoms. The summed E-state index contributed by atoms with van der Waals surface area (Å²) in [5.74, 6) is -0.322. The van der Waals surface area contributed by atoms with Crippen molar-refractivity contribution in [3.05, 3.63) is 0 Å². The van der Waals surface area contributed by atoms with Crippen LogP contribution in [-0.2, 0) is 18.4 Å². The minimum Gasteiger partial charge on any atom is -0.391 e. The molecular weight excluding hydrogens is 455 g/mol. The smallest absolute Gasteiger partial charge is 0.391 e. The van der Waals surface area contributed by atoms with Crippen molar-refractivity contribution in [3.8, 4) is 0 Å². The molecule has 0 aromatic rings. The summed E-state index contributed by atoms with van der Waals surface area (Å²) in [7, 11) is 1.60. The van der Waals surface area contributed by atoms with Crippen LogP contribution in [0.5, 0.6) is 0 Å². The average molecular weight is 510 g/mol. The summed E-state index contributed by atoms with van der Waals surface area (Å²) < 4.78 is 22.8. The number of phosphoric acid groups is 1. The Kier molecular flexibility index (Phi) is 19.4. The van der Waals surface area contributed by atoms with Gasteiger partial charge in [0.1, 0.15) is 13.2 Å². The van der Waals surface area contributed by atoms with Gasteiger partial charge in [-0.15, -0.1) is 0 Å². The molecule has 0 aliphatic rings. The fraction of sp³-hybridized carbons (Fsp3) is 0.960. The highest BCUT2D eigenvalue weighted by molar-refractivity contribution is 7.47. The summed E-state index contributed by atoms with van der Waals surface area (Å²) in [6.45, 7) is 3.93. The largest absolute Gasteiger partial charge is 0.472 e. The second-order valence-electron chi connectivity index (χ2n) is 10.5. The van der Waals surface area contributed by atoms with Crippen LogP contribution >= 0.6 is 7.82 Å². The Morgan fingerprint density at radius 3 is 1.79 bits per heavy atom. The van der Waals surface area contributed by atoms with Crippen molar-refractivity contribution < 1.29 is 32.9 Å². The first kappa shape index (κ1) is 33.5. The third kappa shape index (κ3) is 22.0. The maximum absolute atomic E-state index is 12.1. The van der Waals surface area contributed by atoms with Gasteiger partial charge in [-0.25, -0.2) is 4.57 Å². The highest BCUT2D eigenvalue weighted by Crippen LogP contribution is 2.43. The van der Waals surface area contributed by atoms with Gasteiger partial charge in [0, 0.05) is 6.92 Å². The van der Waals surface area contributed by atoms with Gasteiger partial charge in [0.25, 0.3) is 0 Å². The number of nitrogens with zero attached hydrogens (tertiary/aromatic N) is 1. The molecule has 34 heavy (non-hydrogen) atoms. The Hall–Kier alpha value is -0.500. The van der Waals surface area contributed by atoms with Crippen LogP contribution in [0.4, 0.5) is 0 Å². The summed E-state index contributed by atoms with van der Waals surface area (Å²) in [6, 6.07) is -0.753. The number of unbranched alkanes of at least 4 members (excludes halogenated alkanes) is 12. The van der Waals surface area contributed by atoms with Gasteiger partial charge in [0.2, 0.25) is 5.91 Å². The van der Waals surface area contributed by atoms with E-state index in [0.717, 1.165) is 19.3 Å². The minimum absolute atomic E-state index is 0.0730. The van der Waals surface area contributed by atoms with E-state index in [9.17, 15) is 19.4 Å². The van der Waals surface area contributed by atoms with E-state index in [1.54, 1.807) is 0 Å². The summed E-state index contributed by atoms with van der Waals surface area (Å²) >= 11 is 0. The highest BCUT2D eigenvalue weighted by Gasteiger charge is 2.27. The van der Waals surface area contributed by atoms with Gasteiger partial charge in [-0.1, -0.05) is 90.4 Å². The number of rotatable bonds is 23. The molecule has 3 unspecified atom stereocenters. The van der Waals surface area contributed by atoms with Crippen molar-refractivity contribution in [1.29, 1.82) is 0 Å². The van der Waals surface area contributed by atoms with Crippen molar-refractivity contribution in [2.24, 2.45) is 0 Å². The zero-order chi connectivity index (χ0) is 25.9. The molecule has 0 saturated carbocycles. The van der Waals surface area contributed by atoms with E-state index in [2.05, 4.69) is 12.2 Å². The number of carbonyl (C=O) groups is 1. The lowest BCUT2D eigenvalue weighted by atomic mass is 10.0. The van der Waals surface area contributed by atoms with Crippen LogP contribution in [0.3, 0.4) is 0 Å².